The highest BCUT2D eigenvalue weighted by molar-refractivity contribution is 6.15. The molecule has 0 atom stereocenters. The average Bonchev–Trinajstić information content (AvgIpc) is 3.30. The summed E-state index contributed by atoms with van der Waals surface area (Å²) in [6, 6.07) is 79.8. The predicted octanol–water partition coefficient (Wildman–Crippen LogP) is 15.5. The van der Waals surface area contributed by atoms with E-state index in [0.29, 0.717) is 0 Å². The third-order valence-electron chi connectivity index (χ3n) is 11.5. The SMILES string of the molecule is C/C=C\C=C(/C)c1cc(-c2ccccc2)ccc1N(c1cccc(C(c2ccccc2)(c2ccccc2)c2ccccc2)c1)c1cc2ccccc2c2ccccc12. The molecule has 1 nitrogen and oxygen atoms in total. The second kappa shape index (κ2) is 16.1. The second-order valence-electron chi connectivity index (χ2n) is 14.9. The molecule has 0 amide bonds. The predicted molar refractivity (Wildman–Crippen MR) is 248 cm³/mol. The molecule has 9 aromatic carbocycles. The molecule has 0 aliphatic rings. The van der Waals surface area contributed by atoms with E-state index in [1.165, 1.54) is 66.1 Å². The summed E-state index contributed by atoms with van der Waals surface area (Å²) in [5, 5.41) is 4.87. The van der Waals surface area contributed by atoms with Gasteiger partial charge in [0.25, 0.3) is 0 Å². The van der Waals surface area contributed by atoms with Crippen LogP contribution in [0.25, 0.3) is 38.2 Å². The van der Waals surface area contributed by atoms with Gasteiger partial charge in [0.05, 0.1) is 16.8 Å². The van der Waals surface area contributed by atoms with Gasteiger partial charge in [-0.25, -0.2) is 0 Å². The summed E-state index contributed by atoms with van der Waals surface area (Å²) in [7, 11) is 0. The first-order chi connectivity index (χ1) is 28.7. The molecule has 0 fully saturated rings. The van der Waals surface area contributed by atoms with Crippen molar-refractivity contribution in [3.05, 3.63) is 264 Å². The van der Waals surface area contributed by atoms with E-state index in [1.807, 2.05) is 0 Å². The number of benzene rings is 9. The van der Waals surface area contributed by atoms with Crippen LogP contribution in [0, 0.1) is 0 Å². The Morgan fingerprint density at radius 1 is 0.431 bits per heavy atom. The lowest BCUT2D eigenvalue weighted by atomic mass is 9.65. The summed E-state index contributed by atoms with van der Waals surface area (Å²) in [5.41, 5.74) is 12.3. The maximum Gasteiger partial charge on any atom is 0.0702 e. The van der Waals surface area contributed by atoms with Crippen molar-refractivity contribution in [1.82, 2.24) is 0 Å². The second-order valence-corrected chi connectivity index (χ2v) is 14.9. The van der Waals surface area contributed by atoms with Crippen LogP contribution in [0.1, 0.15) is 41.7 Å². The monoisotopic (exact) mass is 743 g/mol. The Morgan fingerprint density at radius 3 is 1.59 bits per heavy atom. The first kappa shape index (κ1) is 36.4. The van der Waals surface area contributed by atoms with Crippen molar-refractivity contribution in [3.8, 4) is 11.1 Å². The molecule has 0 N–H and O–H groups in total. The van der Waals surface area contributed by atoms with Gasteiger partial charge in [0.2, 0.25) is 0 Å². The molecule has 0 spiro atoms. The molecule has 0 aliphatic heterocycles. The lowest BCUT2D eigenvalue weighted by Gasteiger charge is -2.38. The van der Waals surface area contributed by atoms with Gasteiger partial charge in [-0.15, -0.1) is 0 Å². The first-order valence-corrected chi connectivity index (χ1v) is 20.1. The molecular formula is C57H45N. The minimum absolute atomic E-state index is 0.599. The molecule has 1 heteroatoms. The van der Waals surface area contributed by atoms with Crippen LogP contribution in [0.2, 0.25) is 0 Å². The summed E-state index contributed by atoms with van der Waals surface area (Å²) in [6.45, 7) is 4.30. The Labute approximate surface area is 342 Å². The Balaban J connectivity index is 1.39. The Hall–Kier alpha value is -7.22. The van der Waals surface area contributed by atoms with Crippen molar-refractivity contribution in [3.63, 3.8) is 0 Å². The van der Waals surface area contributed by atoms with Crippen LogP contribution in [0.15, 0.2) is 237 Å². The fourth-order valence-electron chi connectivity index (χ4n) is 8.76. The van der Waals surface area contributed by atoms with E-state index in [1.54, 1.807) is 0 Å². The summed E-state index contributed by atoms with van der Waals surface area (Å²) in [5.74, 6) is 0. The molecule has 58 heavy (non-hydrogen) atoms. The fraction of sp³-hybridized carbons (Fsp3) is 0.0526. The van der Waals surface area contributed by atoms with Crippen LogP contribution >= 0.6 is 0 Å². The Kier molecular flexibility index (Phi) is 10.1. The molecular weight excluding hydrogens is 699 g/mol. The van der Waals surface area contributed by atoms with Crippen LogP contribution in [-0.2, 0) is 5.41 Å². The van der Waals surface area contributed by atoms with Gasteiger partial charge in [-0.3, -0.25) is 0 Å². The summed E-state index contributed by atoms with van der Waals surface area (Å²) in [4.78, 5) is 2.50. The van der Waals surface area contributed by atoms with Gasteiger partial charge in [0, 0.05) is 16.6 Å². The molecule has 0 heterocycles. The van der Waals surface area contributed by atoms with Gasteiger partial charge in [-0.05, 0) is 99.3 Å². The molecule has 0 bridgehead atoms. The van der Waals surface area contributed by atoms with E-state index in [-0.39, 0.29) is 0 Å². The van der Waals surface area contributed by atoms with Crippen molar-refractivity contribution in [2.24, 2.45) is 0 Å². The topological polar surface area (TPSA) is 3.24 Å². The third-order valence-corrected chi connectivity index (χ3v) is 11.5. The summed E-state index contributed by atoms with van der Waals surface area (Å²) < 4.78 is 0. The maximum absolute atomic E-state index is 2.50. The summed E-state index contributed by atoms with van der Waals surface area (Å²) >= 11 is 0. The van der Waals surface area contributed by atoms with E-state index < -0.39 is 5.41 Å². The van der Waals surface area contributed by atoms with Crippen molar-refractivity contribution in [2.75, 3.05) is 4.90 Å². The molecule has 9 rings (SSSR count). The van der Waals surface area contributed by atoms with Gasteiger partial charge in [0.15, 0.2) is 0 Å². The Bertz CT molecular complexity index is 2790. The van der Waals surface area contributed by atoms with Crippen molar-refractivity contribution < 1.29 is 0 Å². The van der Waals surface area contributed by atoms with Crippen LogP contribution < -0.4 is 4.90 Å². The zero-order valence-electron chi connectivity index (χ0n) is 33.0. The van der Waals surface area contributed by atoms with Crippen LogP contribution in [-0.4, -0.2) is 0 Å². The minimum atomic E-state index is -0.599. The normalized spacial score (nSPS) is 12.0. The molecule has 0 saturated heterocycles. The molecule has 0 saturated carbocycles. The van der Waals surface area contributed by atoms with Gasteiger partial charge in [-0.2, -0.15) is 0 Å². The smallest absolute Gasteiger partial charge is 0.0702 e. The maximum atomic E-state index is 2.50. The summed E-state index contributed by atoms with van der Waals surface area (Å²) in [6.07, 6.45) is 6.46. The highest BCUT2D eigenvalue weighted by atomic mass is 15.1. The Morgan fingerprint density at radius 2 is 0.966 bits per heavy atom. The minimum Gasteiger partial charge on any atom is -0.309 e. The van der Waals surface area contributed by atoms with E-state index in [4.69, 9.17) is 0 Å². The van der Waals surface area contributed by atoms with E-state index in [2.05, 4.69) is 255 Å². The lowest BCUT2D eigenvalue weighted by molar-refractivity contribution is 0.745. The molecule has 0 aliphatic carbocycles. The van der Waals surface area contributed by atoms with Crippen molar-refractivity contribution in [2.45, 2.75) is 19.3 Å². The molecule has 0 radical (unpaired) electrons. The lowest BCUT2D eigenvalue weighted by Crippen LogP contribution is -2.31. The zero-order chi connectivity index (χ0) is 39.3. The zero-order valence-corrected chi connectivity index (χ0v) is 33.0. The molecule has 0 unspecified atom stereocenters. The molecule has 278 valence electrons. The van der Waals surface area contributed by atoms with Gasteiger partial charge in [-0.1, -0.05) is 206 Å². The average molecular weight is 744 g/mol. The standard InChI is InChI=1S/C57H45N/c1-3-4-22-42(2)54-39-44(43-23-9-5-10-24-43)37-38-55(54)58(56-40-45-25-17-18-34-51(45)52-35-19-20-36-53(52)56)50-33-21-32-49(41-50)57(46-26-11-6-12-27-46,47-28-13-7-14-29-47)48-30-15-8-16-31-48/h3-41H,1-2H3/b4-3-,42-22+. The number of anilines is 3. The third kappa shape index (κ3) is 6.61. The largest absolute Gasteiger partial charge is 0.309 e. The number of nitrogens with zero attached hydrogens (tertiary/aromatic N) is 1. The van der Waals surface area contributed by atoms with Crippen molar-refractivity contribution >= 4 is 44.2 Å². The first-order valence-electron chi connectivity index (χ1n) is 20.1. The number of rotatable bonds is 10. The number of hydrogen-bond acceptors (Lipinski definition) is 1. The quantitative estimate of drug-likeness (QED) is 0.0766. The van der Waals surface area contributed by atoms with Crippen LogP contribution in [0.5, 0.6) is 0 Å². The molecule has 9 aromatic rings. The van der Waals surface area contributed by atoms with E-state index >= 15 is 0 Å². The molecule has 0 aromatic heterocycles. The number of hydrogen-bond donors (Lipinski definition) is 0. The van der Waals surface area contributed by atoms with Crippen LogP contribution in [0.4, 0.5) is 17.1 Å². The van der Waals surface area contributed by atoms with E-state index in [0.717, 1.165) is 17.1 Å². The van der Waals surface area contributed by atoms with Gasteiger partial charge in [0.1, 0.15) is 0 Å². The number of fused-ring (bicyclic) bond motifs is 3. The van der Waals surface area contributed by atoms with E-state index in [9.17, 15) is 0 Å². The highest BCUT2D eigenvalue weighted by Crippen LogP contribution is 2.49. The van der Waals surface area contributed by atoms with Gasteiger partial charge >= 0.3 is 0 Å². The van der Waals surface area contributed by atoms with Crippen LogP contribution in [0.3, 0.4) is 0 Å². The van der Waals surface area contributed by atoms with Gasteiger partial charge < -0.3 is 4.90 Å². The highest BCUT2D eigenvalue weighted by Gasteiger charge is 2.38. The van der Waals surface area contributed by atoms with Crippen molar-refractivity contribution in [1.29, 1.82) is 0 Å². The fourth-order valence-corrected chi connectivity index (χ4v) is 8.76. The number of allylic oxidation sites excluding steroid dienone is 4.